The van der Waals surface area contributed by atoms with Gasteiger partial charge in [0.15, 0.2) is 0 Å². The molecule has 0 saturated carbocycles. The lowest BCUT2D eigenvalue weighted by molar-refractivity contribution is -0.122. The molecule has 0 aromatic heterocycles. The van der Waals surface area contributed by atoms with Crippen molar-refractivity contribution in [1.82, 2.24) is 16.0 Å². The van der Waals surface area contributed by atoms with Crippen molar-refractivity contribution in [3.8, 4) is 0 Å². The largest absolute Gasteiger partial charge is 0.441 e. The van der Waals surface area contributed by atoms with Crippen LogP contribution in [0.25, 0.3) is 11.1 Å². The number of alkyl carbamates (subject to hydrolysis) is 1. The van der Waals surface area contributed by atoms with Crippen molar-refractivity contribution in [1.29, 1.82) is 0 Å². The third kappa shape index (κ3) is 13.9. The first-order valence-electron chi connectivity index (χ1n) is 17.1. The first-order valence-corrected chi connectivity index (χ1v) is 17.1. The van der Waals surface area contributed by atoms with Gasteiger partial charge in [0.05, 0.1) is 26.4 Å². The standard InChI is InChI=1S/C37H54N4O6/c1-28-29(2)32-15-9-10-16-33(32)34(27-30-13-7-8-14-31(28)30)47-37(44)41-20-12-4-6-18-36(43)40-22-24-46-26-25-45-23-21-39-35(42)17-5-3-11-19-38/h7-10,13-16,34H,3-6,11-12,17-27,38H2,1-2H3,(H,39,42)(H,40,43)(H,41,44)/b29-28-. The number of hydrogen-bond donors (Lipinski definition) is 4. The molecule has 1 aliphatic carbocycles. The zero-order valence-electron chi connectivity index (χ0n) is 28.2. The van der Waals surface area contributed by atoms with Crippen molar-refractivity contribution in [2.45, 2.75) is 77.7 Å². The number of amides is 3. The molecule has 1 aliphatic rings. The van der Waals surface area contributed by atoms with Gasteiger partial charge in [0.25, 0.3) is 0 Å². The highest BCUT2D eigenvalue weighted by molar-refractivity contribution is 5.91. The number of carbonyl (C=O) groups is 3. The number of benzene rings is 2. The number of nitrogens with two attached hydrogens (primary N) is 1. The van der Waals surface area contributed by atoms with Crippen LogP contribution in [0, 0.1) is 0 Å². The third-order valence-electron chi connectivity index (χ3n) is 8.32. The summed E-state index contributed by atoms with van der Waals surface area (Å²) in [6.45, 7) is 8.05. The van der Waals surface area contributed by atoms with Gasteiger partial charge >= 0.3 is 6.09 Å². The Labute approximate surface area is 280 Å². The van der Waals surface area contributed by atoms with Gasteiger partial charge in [0.1, 0.15) is 6.10 Å². The summed E-state index contributed by atoms with van der Waals surface area (Å²) in [5, 5.41) is 8.59. The van der Waals surface area contributed by atoms with Crippen LogP contribution >= 0.6 is 0 Å². The Balaban J connectivity index is 1.21. The van der Waals surface area contributed by atoms with Crippen LogP contribution in [0.2, 0.25) is 0 Å². The lowest BCUT2D eigenvalue weighted by Crippen LogP contribution is -2.29. The van der Waals surface area contributed by atoms with E-state index in [1.165, 1.54) is 16.7 Å². The third-order valence-corrected chi connectivity index (χ3v) is 8.32. The molecule has 47 heavy (non-hydrogen) atoms. The summed E-state index contributed by atoms with van der Waals surface area (Å²) in [6.07, 6.45) is 5.83. The molecular weight excluding hydrogens is 596 g/mol. The molecule has 3 amide bonds. The van der Waals surface area contributed by atoms with Gasteiger partial charge in [-0.3, -0.25) is 9.59 Å². The average Bonchev–Trinajstić information content (AvgIpc) is 3.08. The molecule has 5 N–H and O–H groups in total. The Hall–Kier alpha value is -3.73. The second-order valence-corrected chi connectivity index (χ2v) is 11.9. The molecule has 0 aliphatic heterocycles. The van der Waals surface area contributed by atoms with Crippen molar-refractivity contribution < 1.29 is 28.6 Å². The number of ether oxygens (including phenoxy) is 3. The van der Waals surface area contributed by atoms with Crippen LogP contribution in [0.15, 0.2) is 48.5 Å². The molecule has 258 valence electrons. The maximum Gasteiger partial charge on any atom is 0.407 e. The average molecular weight is 651 g/mol. The first kappa shape index (κ1) is 37.7. The van der Waals surface area contributed by atoms with Crippen molar-refractivity contribution in [2.24, 2.45) is 5.73 Å². The zero-order valence-corrected chi connectivity index (χ0v) is 28.2. The highest BCUT2D eigenvalue weighted by atomic mass is 16.6. The van der Waals surface area contributed by atoms with E-state index in [0.29, 0.717) is 71.9 Å². The Morgan fingerprint density at radius 2 is 1.26 bits per heavy atom. The Morgan fingerprint density at radius 1 is 0.681 bits per heavy atom. The van der Waals surface area contributed by atoms with Crippen LogP contribution in [-0.2, 0) is 30.2 Å². The first-order chi connectivity index (χ1) is 22.9. The molecule has 3 rings (SSSR count). The molecule has 10 heteroatoms. The lowest BCUT2D eigenvalue weighted by atomic mass is 9.84. The summed E-state index contributed by atoms with van der Waals surface area (Å²) in [7, 11) is 0. The molecule has 0 bridgehead atoms. The normalized spacial score (nSPS) is 15.5. The smallest absolute Gasteiger partial charge is 0.407 e. The van der Waals surface area contributed by atoms with Crippen LogP contribution in [0.3, 0.4) is 0 Å². The fourth-order valence-corrected chi connectivity index (χ4v) is 5.58. The summed E-state index contributed by atoms with van der Waals surface area (Å²) < 4.78 is 16.9. The van der Waals surface area contributed by atoms with Gasteiger partial charge < -0.3 is 35.9 Å². The second-order valence-electron chi connectivity index (χ2n) is 11.9. The number of fused-ring (bicyclic) bond motifs is 2. The topological polar surface area (TPSA) is 141 Å². The van der Waals surface area contributed by atoms with E-state index in [1.807, 2.05) is 30.3 Å². The minimum absolute atomic E-state index is 0.0150. The quantitative estimate of drug-likeness (QED) is 0.134. The van der Waals surface area contributed by atoms with Crippen molar-refractivity contribution in [3.05, 3.63) is 70.8 Å². The number of hydrogen-bond acceptors (Lipinski definition) is 7. The monoisotopic (exact) mass is 650 g/mol. The van der Waals surface area contributed by atoms with Crippen molar-refractivity contribution in [2.75, 3.05) is 52.6 Å². The van der Waals surface area contributed by atoms with Crippen LogP contribution in [0.1, 0.15) is 93.6 Å². The minimum atomic E-state index is -0.430. The van der Waals surface area contributed by atoms with E-state index in [4.69, 9.17) is 19.9 Å². The van der Waals surface area contributed by atoms with Crippen LogP contribution < -0.4 is 21.7 Å². The molecule has 2 aromatic carbocycles. The number of allylic oxidation sites excluding steroid dienone is 2. The molecule has 10 nitrogen and oxygen atoms in total. The highest BCUT2D eigenvalue weighted by Crippen LogP contribution is 2.38. The van der Waals surface area contributed by atoms with Gasteiger partial charge in [-0.15, -0.1) is 0 Å². The number of carbonyl (C=O) groups excluding carboxylic acids is 3. The lowest BCUT2D eigenvalue weighted by Gasteiger charge is -2.26. The van der Waals surface area contributed by atoms with E-state index in [2.05, 4.69) is 48.0 Å². The maximum atomic E-state index is 12.8. The number of rotatable bonds is 21. The van der Waals surface area contributed by atoms with Crippen molar-refractivity contribution in [3.63, 3.8) is 0 Å². The van der Waals surface area contributed by atoms with Gasteiger partial charge in [0, 0.05) is 44.5 Å². The predicted octanol–water partition coefficient (Wildman–Crippen LogP) is 5.31. The number of unbranched alkanes of at least 4 members (excludes halogenated alkanes) is 4. The summed E-state index contributed by atoms with van der Waals surface area (Å²) in [4.78, 5) is 36.6. The second kappa shape index (κ2) is 22.0. The molecule has 0 fully saturated rings. The molecule has 0 spiro atoms. The zero-order chi connectivity index (χ0) is 33.7. The Morgan fingerprint density at radius 3 is 1.91 bits per heavy atom. The molecular formula is C37H54N4O6. The van der Waals surface area contributed by atoms with Gasteiger partial charge in [-0.05, 0) is 73.9 Å². The number of nitrogens with one attached hydrogen (secondary N) is 3. The summed E-state index contributed by atoms with van der Waals surface area (Å²) in [5.74, 6) is 0.0235. The highest BCUT2D eigenvalue weighted by Gasteiger charge is 2.25. The maximum absolute atomic E-state index is 12.8. The van der Waals surface area contributed by atoms with Crippen molar-refractivity contribution >= 4 is 29.1 Å². The SMILES string of the molecule is C/C1=C(\C)c2ccccc2C(OC(=O)NCCCCCC(=O)NCCOCCOCCNC(=O)CCCCCN)Cc2ccccc21. The van der Waals surface area contributed by atoms with Gasteiger partial charge in [0.2, 0.25) is 11.8 Å². The van der Waals surface area contributed by atoms with Crippen LogP contribution in [0.4, 0.5) is 4.79 Å². The van der Waals surface area contributed by atoms with E-state index in [0.717, 1.165) is 55.2 Å². The fraction of sp³-hybridized carbons (Fsp3) is 0.541. The molecule has 0 heterocycles. The molecule has 1 unspecified atom stereocenters. The molecule has 0 radical (unpaired) electrons. The van der Waals surface area contributed by atoms with E-state index < -0.39 is 12.2 Å². The molecule has 1 atom stereocenters. The van der Waals surface area contributed by atoms with E-state index in [1.54, 1.807) is 0 Å². The van der Waals surface area contributed by atoms with Gasteiger partial charge in [-0.2, -0.15) is 0 Å². The van der Waals surface area contributed by atoms with E-state index >= 15 is 0 Å². The Bertz CT molecular complexity index is 1300. The Kier molecular flexibility index (Phi) is 17.6. The minimum Gasteiger partial charge on any atom is -0.441 e. The van der Waals surface area contributed by atoms with Gasteiger partial charge in [-0.25, -0.2) is 4.79 Å². The molecule has 0 saturated heterocycles. The molecule has 2 aromatic rings. The van der Waals surface area contributed by atoms with Gasteiger partial charge in [-0.1, -0.05) is 61.4 Å². The van der Waals surface area contributed by atoms with Crippen LogP contribution in [0.5, 0.6) is 0 Å². The summed E-state index contributed by atoms with van der Waals surface area (Å²) in [5.41, 5.74) is 12.3. The van der Waals surface area contributed by atoms with E-state index in [9.17, 15) is 14.4 Å². The predicted molar refractivity (Wildman–Crippen MR) is 186 cm³/mol. The summed E-state index contributed by atoms with van der Waals surface area (Å²) in [6, 6.07) is 16.5. The fourth-order valence-electron chi connectivity index (χ4n) is 5.58. The van der Waals surface area contributed by atoms with E-state index in [-0.39, 0.29) is 11.8 Å². The summed E-state index contributed by atoms with van der Waals surface area (Å²) >= 11 is 0. The van der Waals surface area contributed by atoms with Crippen LogP contribution in [-0.4, -0.2) is 70.5 Å².